The average molecular weight is 338 g/mol. The maximum absolute atomic E-state index is 12.7. The number of nitrogens with zero attached hydrogens (tertiary/aromatic N) is 1. The van der Waals surface area contributed by atoms with Crippen LogP contribution < -0.4 is 5.32 Å². The van der Waals surface area contributed by atoms with Gasteiger partial charge in [0.05, 0.1) is 11.3 Å². The van der Waals surface area contributed by atoms with Gasteiger partial charge in [-0.3, -0.25) is 9.59 Å². The predicted molar refractivity (Wildman–Crippen MR) is 96.4 cm³/mol. The van der Waals surface area contributed by atoms with Crippen LogP contribution >= 0.6 is 0 Å². The Morgan fingerprint density at radius 2 is 1.64 bits per heavy atom. The molecule has 1 aliphatic heterocycles. The summed E-state index contributed by atoms with van der Waals surface area (Å²) in [7, 11) is 1.50. The molecule has 1 N–H and O–H groups in total. The molecule has 1 aliphatic rings. The molecular formula is C20H22N2O3. The van der Waals surface area contributed by atoms with Gasteiger partial charge < -0.3 is 15.0 Å². The number of hydrogen-bond acceptors (Lipinski definition) is 3. The number of anilines is 1. The van der Waals surface area contributed by atoms with E-state index < -0.39 is 6.10 Å². The fourth-order valence-electron chi connectivity index (χ4n) is 3.09. The number of ether oxygens (including phenoxy) is 1. The molecule has 0 aliphatic carbocycles. The quantitative estimate of drug-likeness (QED) is 0.910. The van der Waals surface area contributed by atoms with Crippen molar-refractivity contribution in [3.63, 3.8) is 0 Å². The first-order valence-electron chi connectivity index (χ1n) is 8.47. The predicted octanol–water partition coefficient (Wildman–Crippen LogP) is 3.25. The number of amides is 2. The summed E-state index contributed by atoms with van der Waals surface area (Å²) in [6.07, 6.45) is 1.33. The molecule has 2 amide bonds. The molecule has 0 radical (unpaired) electrons. The Labute approximate surface area is 147 Å². The highest BCUT2D eigenvalue weighted by molar-refractivity contribution is 6.04. The lowest BCUT2D eigenvalue weighted by Gasteiger charge is -2.20. The minimum Gasteiger partial charge on any atom is -0.367 e. The number of rotatable bonds is 5. The topological polar surface area (TPSA) is 58.6 Å². The van der Waals surface area contributed by atoms with Crippen molar-refractivity contribution < 1.29 is 14.3 Å². The van der Waals surface area contributed by atoms with Crippen molar-refractivity contribution in [2.24, 2.45) is 0 Å². The Kier molecular flexibility index (Phi) is 5.46. The van der Waals surface area contributed by atoms with Gasteiger partial charge in [-0.05, 0) is 30.5 Å². The van der Waals surface area contributed by atoms with E-state index in [0.717, 1.165) is 31.5 Å². The standard InChI is InChI=1S/C20H22N2O3/c1-25-18(15-9-3-2-4-10-15)19(23)21-17-12-6-5-11-16(17)20(24)22-13-7-8-14-22/h2-6,9-12,18H,7-8,13-14H2,1H3,(H,21,23)/t18-/m1/s1. The third-order valence-corrected chi connectivity index (χ3v) is 4.38. The van der Waals surface area contributed by atoms with Crippen LogP contribution in [0.3, 0.4) is 0 Å². The van der Waals surface area contributed by atoms with Crippen LogP contribution in [0.1, 0.15) is 34.9 Å². The largest absolute Gasteiger partial charge is 0.367 e. The van der Waals surface area contributed by atoms with E-state index in [9.17, 15) is 9.59 Å². The van der Waals surface area contributed by atoms with Crippen LogP contribution in [0.25, 0.3) is 0 Å². The molecule has 0 unspecified atom stereocenters. The fraction of sp³-hybridized carbons (Fsp3) is 0.300. The van der Waals surface area contributed by atoms with E-state index in [4.69, 9.17) is 4.74 Å². The van der Waals surface area contributed by atoms with Crippen LogP contribution in [0.4, 0.5) is 5.69 Å². The van der Waals surface area contributed by atoms with E-state index in [2.05, 4.69) is 5.32 Å². The number of carbonyl (C=O) groups is 2. The van der Waals surface area contributed by atoms with Crippen molar-refractivity contribution in [1.82, 2.24) is 4.90 Å². The number of benzene rings is 2. The van der Waals surface area contributed by atoms with Gasteiger partial charge in [-0.2, -0.15) is 0 Å². The van der Waals surface area contributed by atoms with Gasteiger partial charge in [0.1, 0.15) is 0 Å². The lowest BCUT2D eigenvalue weighted by atomic mass is 10.1. The molecule has 130 valence electrons. The molecule has 0 spiro atoms. The summed E-state index contributed by atoms with van der Waals surface area (Å²) in [4.78, 5) is 27.2. The summed E-state index contributed by atoms with van der Waals surface area (Å²) in [5.74, 6) is -0.336. The van der Waals surface area contributed by atoms with E-state index in [1.54, 1.807) is 18.2 Å². The zero-order chi connectivity index (χ0) is 17.6. The number of likely N-dealkylation sites (tertiary alicyclic amines) is 1. The normalized spacial score (nSPS) is 15.0. The van der Waals surface area contributed by atoms with E-state index in [-0.39, 0.29) is 11.8 Å². The van der Waals surface area contributed by atoms with Gasteiger partial charge in [0.2, 0.25) is 0 Å². The molecule has 3 rings (SSSR count). The van der Waals surface area contributed by atoms with Crippen LogP contribution in [-0.4, -0.2) is 36.9 Å². The number of carbonyl (C=O) groups excluding carboxylic acids is 2. The van der Waals surface area contributed by atoms with Gasteiger partial charge in [0, 0.05) is 20.2 Å². The van der Waals surface area contributed by atoms with Crippen molar-refractivity contribution in [2.45, 2.75) is 18.9 Å². The lowest BCUT2D eigenvalue weighted by molar-refractivity contribution is -0.126. The molecule has 1 atom stereocenters. The maximum Gasteiger partial charge on any atom is 0.258 e. The molecule has 2 aromatic rings. The highest BCUT2D eigenvalue weighted by Gasteiger charge is 2.25. The number of nitrogens with one attached hydrogen (secondary N) is 1. The lowest BCUT2D eigenvalue weighted by Crippen LogP contribution is -2.29. The summed E-state index contributed by atoms with van der Waals surface area (Å²) < 4.78 is 5.36. The van der Waals surface area contributed by atoms with E-state index in [1.165, 1.54) is 7.11 Å². The monoisotopic (exact) mass is 338 g/mol. The van der Waals surface area contributed by atoms with Gasteiger partial charge in [-0.1, -0.05) is 42.5 Å². The Morgan fingerprint density at radius 3 is 2.32 bits per heavy atom. The first-order chi connectivity index (χ1) is 12.2. The molecular weight excluding hydrogens is 316 g/mol. The van der Waals surface area contributed by atoms with Crippen LogP contribution in [0.2, 0.25) is 0 Å². The third-order valence-electron chi connectivity index (χ3n) is 4.38. The van der Waals surface area contributed by atoms with Gasteiger partial charge in [0.15, 0.2) is 6.10 Å². The second kappa shape index (κ2) is 7.94. The van der Waals surface area contributed by atoms with Gasteiger partial charge in [-0.25, -0.2) is 0 Å². The highest BCUT2D eigenvalue weighted by Crippen LogP contribution is 2.23. The minimum absolute atomic E-state index is 0.0397. The Hall–Kier alpha value is -2.66. The number of methoxy groups -OCH3 is 1. The molecule has 1 saturated heterocycles. The Bertz CT molecular complexity index is 740. The second-order valence-corrected chi connectivity index (χ2v) is 6.06. The van der Waals surface area contributed by atoms with Gasteiger partial charge in [0.25, 0.3) is 11.8 Å². The van der Waals surface area contributed by atoms with Crippen molar-refractivity contribution in [3.05, 3.63) is 65.7 Å². The second-order valence-electron chi connectivity index (χ2n) is 6.06. The van der Waals surface area contributed by atoms with Crippen molar-refractivity contribution in [2.75, 3.05) is 25.5 Å². The van der Waals surface area contributed by atoms with Crippen LogP contribution in [0, 0.1) is 0 Å². The molecule has 2 aromatic carbocycles. The first-order valence-corrected chi connectivity index (χ1v) is 8.47. The zero-order valence-corrected chi connectivity index (χ0v) is 14.3. The summed E-state index contributed by atoms with van der Waals surface area (Å²) in [6.45, 7) is 1.54. The third kappa shape index (κ3) is 3.88. The molecule has 0 aromatic heterocycles. The SMILES string of the molecule is CO[C@@H](C(=O)Nc1ccccc1C(=O)N1CCCC1)c1ccccc1. The van der Waals surface area contributed by atoms with Crippen molar-refractivity contribution in [1.29, 1.82) is 0 Å². The molecule has 1 heterocycles. The van der Waals surface area contributed by atoms with E-state index in [1.807, 2.05) is 41.3 Å². The molecule has 5 heteroatoms. The maximum atomic E-state index is 12.7. The molecule has 1 fully saturated rings. The highest BCUT2D eigenvalue weighted by atomic mass is 16.5. The summed E-state index contributed by atoms with van der Waals surface area (Å²) in [5.41, 5.74) is 1.80. The smallest absolute Gasteiger partial charge is 0.258 e. The summed E-state index contributed by atoms with van der Waals surface area (Å²) in [6, 6.07) is 16.4. The molecule has 25 heavy (non-hydrogen) atoms. The number of para-hydroxylation sites is 1. The molecule has 5 nitrogen and oxygen atoms in total. The van der Waals surface area contributed by atoms with Crippen LogP contribution in [-0.2, 0) is 9.53 Å². The fourth-order valence-corrected chi connectivity index (χ4v) is 3.09. The average Bonchev–Trinajstić information content (AvgIpc) is 3.18. The van der Waals surface area contributed by atoms with Crippen LogP contribution in [0.5, 0.6) is 0 Å². The van der Waals surface area contributed by atoms with E-state index in [0.29, 0.717) is 11.3 Å². The van der Waals surface area contributed by atoms with E-state index >= 15 is 0 Å². The van der Waals surface area contributed by atoms with Crippen LogP contribution in [0.15, 0.2) is 54.6 Å². The van der Waals surface area contributed by atoms with Crippen molar-refractivity contribution >= 4 is 17.5 Å². The molecule has 0 saturated carbocycles. The Balaban J connectivity index is 1.80. The molecule has 0 bridgehead atoms. The number of hydrogen-bond donors (Lipinski definition) is 1. The van der Waals surface area contributed by atoms with Gasteiger partial charge in [-0.15, -0.1) is 0 Å². The van der Waals surface area contributed by atoms with Gasteiger partial charge >= 0.3 is 0 Å². The van der Waals surface area contributed by atoms with Crippen molar-refractivity contribution in [3.8, 4) is 0 Å². The zero-order valence-electron chi connectivity index (χ0n) is 14.3. The first kappa shape index (κ1) is 17.2. The summed E-state index contributed by atoms with van der Waals surface area (Å²) >= 11 is 0. The minimum atomic E-state index is -0.726. The summed E-state index contributed by atoms with van der Waals surface area (Å²) in [5, 5.41) is 2.85. The Morgan fingerprint density at radius 1 is 1.00 bits per heavy atom.